The third kappa shape index (κ3) is 2.58. The van der Waals surface area contributed by atoms with Crippen molar-refractivity contribution in [3.63, 3.8) is 0 Å². The minimum absolute atomic E-state index is 0.165. The van der Waals surface area contributed by atoms with E-state index in [1.165, 1.54) is 4.52 Å². The molecule has 0 saturated heterocycles. The number of nitrogen functional groups attached to an aromatic ring is 1. The Morgan fingerprint density at radius 2 is 1.96 bits per heavy atom. The Balaban J connectivity index is 1.61. The Morgan fingerprint density at radius 1 is 1.12 bits per heavy atom. The van der Waals surface area contributed by atoms with Gasteiger partial charge in [0.05, 0.1) is 6.26 Å². The van der Waals surface area contributed by atoms with E-state index >= 15 is 0 Å². The van der Waals surface area contributed by atoms with Crippen LogP contribution in [0.3, 0.4) is 0 Å². The van der Waals surface area contributed by atoms with Crippen LogP contribution in [0.25, 0.3) is 17.4 Å². The fourth-order valence-electron chi connectivity index (χ4n) is 2.19. The molecule has 3 heterocycles. The Kier molecular flexibility index (Phi) is 3.23. The first-order valence-corrected chi connectivity index (χ1v) is 7.15. The highest BCUT2D eigenvalue weighted by atomic mass is 16.3. The monoisotopic (exact) mass is 323 g/mol. The van der Waals surface area contributed by atoms with E-state index in [9.17, 15) is 5.11 Å². The van der Waals surface area contributed by atoms with Gasteiger partial charge in [0.25, 0.3) is 5.78 Å². The Bertz CT molecular complexity index is 977. The maximum Gasteiger partial charge on any atom is 0.259 e. The number of anilines is 2. The molecule has 0 radical (unpaired) electrons. The molecule has 3 aromatic heterocycles. The number of fused-ring (bicyclic) bond motifs is 1. The molecule has 0 aliphatic rings. The van der Waals surface area contributed by atoms with Crippen LogP contribution < -0.4 is 11.1 Å². The number of aromatic hydroxyl groups is 1. The quantitative estimate of drug-likeness (QED) is 0.517. The second-order valence-corrected chi connectivity index (χ2v) is 5.05. The molecule has 120 valence electrons. The van der Waals surface area contributed by atoms with Gasteiger partial charge in [-0.3, -0.25) is 0 Å². The lowest BCUT2D eigenvalue weighted by molar-refractivity contribution is 0.475. The first kappa shape index (κ1) is 14.0. The van der Waals surface area contributed by atoms with Crippen LogP contribution in [-0.4, -0.2) is 29.7 Å². The van der Waals surface area contributed by atoms with Crippen LogP contribution in [0, 0.1) is 0 Å². The van der Waals surface area contributed by atoms with E-state index in [0.29, 0.717) is 29.9 Å². The first-order chi connectivity index (χ1) is 11.7. The Hall–Kier alpha value is -3.62. The normalized spacial score (nSPS) is 11.0. The zero-order valence-corrected chi connectivity index (χ0v) is 12.4. The molecule has 9 heteroatoms. The number of aromatic nitrogens is 5. The van der Waals surface area contributed by atoms with Gasteiger partial charge in [-0.05, 0) is 29.8 Å². The fourth-order valence-corrected chi connectivity index (χ4v) is 2.19. The summed E-state index contributed by atoms with van der Waals surface area (Å²) in [7, 11) is 0. The van der Waals surface area contributed by atoms with Crippen LogP contribution in [0.5, 0.6) is 5.75 Å². The molecule has 0 saturated carbocycles. The van der Waals surface area contributed by atoms with Gasteiger partial charge < -0.3 is 20.6 Å². The average molecular weight is 323 g/mol. The molecular weight excluding hydrogens is 310 g/mol. The van der Waals surface area contributed by atoms with Gasteiger partial charge in [-0.1, -0.05) is 12.1 Å². The average Bonchev–Trinajstić information content (AvgIpc) is 3.23. The molecule has 0 aliphatic heterocycles. The largest absolute Gasteiger partial charge is 0.508 e. The van der Waals surface area contributed by atoms with Crippen molar-refractivity contribution in [2.75, 3.05) is 11.1 Å². The van der Waals surface area contributed by atoms with Crippen molar-refractivity contribution in [1.29, 1.82) is 0 Å². The van der Waals surface area contributed by atoms with Gasteiger partial charge in [0.15, 0.2) is 5.76 Å². The summed E-state index contributed by atoms with van der Waals surface area (Å²) >= 11 is 0. The third-order valence-electron chi connectivity index (χ3n) is 3.36. The van der Waals surface area contributed by atoms with E-state index in [1.807, 2.05) is 0 Å². The topological polar surface area (TPSA) is 127 Å². The zero-order valence-electron chi connectivity index (χ0n) is 12.4. The molecule has 4 rings (SSSR count). The molecule has 0 amide bonds. The molecule has 0 spiro atoms. The maximum atomic E-state index is 9.29. The maximum absolute atomic E-state index is 9.29. The number of phenolic OH excluding ortho intramolecular Hbond substituents is 1. The minimum Gasteiger partial charge on any atom is -0.508 e. The lowest BCUT2D eigenvalue weighted by Crippen LogP contribution is -2.09. The van der Waals surface area contributed by atoms with Crippen molar-refractivity contribution in [2.24, 2.45) is 0 Å². The van der Waals surface area contributed by atoms with E-state index in [0.717, 1.165) is 5.56 Å². The van der Waals surface area contributed by atoms with Gasteiger partial charge in [-0.25, -0.2) is 0 Å². The number of phenols is 1. The summed E-state index contributed by atoms with van der Waals surface area (Å²) in [6.45, 7) is 0.481. The van der Waals surface area contributed by atoms with Crippen LogP contribution in [0.1, 0.15) is 5.56 Å². The minimum atomic E-state index is 0.165. The summed E-state index contributed by atoms with van der Waals surface area (Å²) in [6.07, 6.45) is 1.54. The van der Waals surface area contributed by atoms with E-state index in [-0.39, 0.29) is 11.7 Å². The van der Waals surface area contributed by atoms with Gasteiger partial charge in [-0.2, -0.15) is 19.5 Å². The van der Waals surface area contributed by atoms with Crippen molar-refractivity contribution < 1.29 is 9.52 Å². The van der Waals surface area contributed by atoms with Gasteiger partial charge in [0, 0.05) is 6.54 Å². The van der Waals surface area contributed by atoms with E-state index in [4.69, 9.17) is 10.2 Å². The number of rotatable bonds is 4. The van der Waals surface area contributed by atoms with Gasteiger partial charge >= 0.3 is 0 Å². The standard InChI is InChI=1S/C15H13N7O2/c16-13-19-14(17-8-9-3-5-10(23)6-4-9)20-15-18-12(21-22(13)15)11-2-1-7-24-11/h1-7,23H,8H2,(H3,16,17,18,19,20,21). The van der Waals surface area contributed by atoms with Crippen molar-refractivity contribution >= 4 is 17.7 Å². The third-order valence-corrected chi connectivity index (χ3v) is 3.36. The summed E-state index contributed by atoms with van der Waals surface area (Å²) in [5.74, 6) is 1.96. The van der Waals surface area contributed by atoms with Crippen LogP contribution in [0.2, 0.25) is 0 Å². The summed E-state index contributed by atoms with van der Waals surface area (Å²) in [6, 6.07) is 10.3. The number of benzene rings is 1. The molecule has 0 aliphatic carbocycles. The van der Waals surface area contributed by atoms with Crippen LogP contribution in [0.4, 0.5) is 11.9 Å². The predicted octanol–water partition coefficient (Wildman–Crippen LogP) is 1.68. The van der Waals surface area contributed by atoms with E-state index in [2.05, 4.69) is 25.4 Å². The molecule has 9 nitrogen and oxygen atoms in total. The number of hydrogen-bond acceptors (Lipinski definition) is 8. The SMILES string of the molecule is Nc1nc(NCc2ccc(O)cc2)nc2nc(-c3ccco3)nn12. The number of nitrogens with two attached hydrogens (primary N) is 1. The highest BCUT2D eigenvalue weighted by Gasteiger charge is 2.13. The lowest BCUT2D eigenvalue weighted by atomic mass is 10.2. The summed E-state index contributed by atoms with van der Waals surface area (Å²) in [4.78, 5) is 12.8. The van der Waals surface area contributed by atoms with Crippen molar-refractivity contribution in [1.82, 2.24) is 24.6 Å². The zero-order chi connectivity index (χ0) is 16.5. The van der Waals surface area contributed by atoms with Crippen LogP contribution >= 0.6 is 0 Å². The first-order valence-electron chi connectivity index (χ1n) is 7.15. The fraction of sp³-hybridized carbons (Fsp3) is 0.0667. The smallest absolute Gasteiger partial charge is 0.259 e. The van der Waals surface area contributed by atoms with Crippen LogP contribution in [-0.2, 0) is 6.54 Å². The number of hydrogen-bond donors (Lipinski definition) is 3. The molecule has 0 unspecified atom stereocenters. The molecule has 0 bridgehead atoms. The van der Waals surface area contributed by atoms with Gasteiger partial charge in [0.1, 0.15) is 5.75 Å². The molecule has 24 heavy (non-hydrogen) atoms. The van der Waals surface area contributed by atoms with Crippen LogP contribution in [0.15, 0.2) is 47.1 Å². The number of nitrogens with one attached hydrogen (secondary N) is 1. The predicted molar refractivity (Wildman–Crippen MR) is 86.1 cm³/mol. The van der Waals surface area contributed by atoms with E-state index < -0.39 is 0 Å². The highest BCUT2D eigenvalue weighted by Crippen LogP contribution is 2.18. The Labute approximate surface area is 135 Å². The molecule has 4 N–H and O–H groups in total. The van der Waals surface area contributed by atoms with Crippen molar-refractivity contribution in [3.8, 4) is 17.3 Å². The van der Waals surface area contributed by atoms with Crippen molar-refractivity contribution in [2.45, 2.75) is 6.54 Å². The van der Waals surface area contributed by atoms with Gasteiger partial charge in [-0.15, -0.1) is 5.10 Å². The summed E-state index contributed by atoms with van der Waals surface area (Å²) < 4.78 is 6.62. The molecule has 0 fully saturated rings. The molecular formula is C15H13N7O2. The van der Waals surface area contributed by atoms with Gasteiger partial charge in [0.2, 0.25) is 17.7 Å². The highest BCUT2D eigenvalue weighted by molar-refractivity contribution is 5.52. The van der Waals surface area contributed by atoms with Crippen molar-refractivity contribution in [3.05, 3.63) is 48.2 Å². The Morgan fingerprint density at radius 3 is 2.71 bits per heavy atom. The molecule has 4 aromatic rings. The summed E-state index contributed by atoms with van der Waals surface area (Å²) in [5, 5.41) is 16.6. The second-order valence-electron chi connectivity index (χ2n) is 5.05. The summed E-state index contributed by atoms with van der Waals surface area (Å²) in [5.41, 5.74) is 6.88. The molecule has 0 atom stereocenters. The molecule has 1 aromatic carbocycles. The number of furan rings is 1. The number of nitrogens with zero attached hydrogens (tertiary/aromatic N) is 5. The second kappa shape index (κ2) is 5.54. The van der Waals surface area contributed by atoms with E-state index in [1.54, 1.807) is 42.7 Å². The lowest BCUT2D eigenvalue weighted by Gasteiger charge is -2.06.